The molecule has 176 valence electrons. The third kappa shape index (κ3) is 3.75. The molecule has 1 aliphatic heterocycles. The average Bonchev–Trinajstić information content (AvgIpc) is 3.55. The molecule has 10 heteroatoms. The van der Waals surface area contributed by atoms with Gasteiger partial charge < -0.3 is 15.6 Å². The molecule has 1 saturated carbocycles. The Morgan fingerprint density at radius 1 is 1.12 bits per heavy atom. The standard InChI is InChI=1S/C24H24F3N7/c1-23(5-8-28-9-6-23)34-22-19-16(13-2-3-13)11-29-12-17(19)31-21(33-22)14-4-7-30-20-15(14)10-18(32-20)24(25,26)27/h4,7,10-13,28H,2-3,5-6,8-9H2,1H3,(H,30,32)(H,31,33,34). The Balaban J connectivity index is 1.55. The summed E-state index contributed by atoms with van der Waals surface area (Å²) < 4.78 is 40.0. The predicted octanol–water partition coefficient (Wildman–Crippen LogP) is 5.02. The molecule has 0 spiro atoms. The van der Waals surface area contributed by atoms with Gasteiger partial charge >= 0.3 is 6.18 Å². The molecule has 4 aromatic rings. The summed E-state index contributed by atoms with van der Waals surface area (Å²) in [5.41, 5.74) is 1.46. The Morgan fingerprint density at radius 3 is 2.65 bits per heavy atom. The number of fused-ring (bicyclic) bond motifs is 2. The molecule has 0 aromatic carbocycles. The van der Waals surface area contributed by atoms with Crippen LogP contribution in [0.1, 0.15) is 49.8 Å². The van der Waals surface area contributed by atoms with Crippen LogP contribution in [0.2, 0.25) is 0 Å². The first-order valence-corrected chi connectivity index (χ1v) is 11.5. The lowest BCUT2D eigenvalue weighted by Crippen LogP contribution is -2.45. The number of piperidine rings is 1. The number of rotatable bonds is 4. The van der Waals surface area contributed by atoms with Crippen molar-refractivity contribution in [1.82, 2.24) is 30.2 Å². The quantitative estimate of drug-likeness (QED) is 0.391. The Kier molecular flexibility index (Phi) is 4.77. The summed E-state index contributed by atoms with van der Waals surface area (Å²) in [7, 11) is 0. The second-order valence-corrected chi connectivity index (χ2v) is 9.53. The molecule has 34 heavy (non-hydrogen) atoms. The van der Waals surface area contributed by atoms with E-state index in [0.29, 0.717) is 34.0 Å². The number of aromatic amines is 1. The van der Waals surface area contributed by atoms with Gasteiger partial charge in [-0.2, -0.15) is 13.2 Å². The van der Waals surface area contributed by atoms with Crippen molar-refractivity contribution in [2.45, 2.75) is 50.2 Å². The lowest BCUT2D eigenvalue weighted by molar-refractivity contribution is -0.140. The molecule has 2 aliphatic rings. The maximum absolute atomic E-state index is 13.3. The summed E-state index contributed by atoms with van der Waals surface area (Å²) in [5.74, 6) is 1.51. The van der Waals surface area contributed by atoms with E-state index in [1.165, 1.54) is 6.20 Å². The lowest BCUT2D eigenvalue weighted by atomic mass is 9.90. The molecule has 1 aliphatic carbocycles. The van der Waals surface area contributed by atoms with Gasteiger partial charge in [0.15, 0.2) is 5.82 Å². The SMILES string of the molecule is CC1(Nc2nc(-c3ccnc4[nH]c(C(F)(F)F)cc34)nc3cncc(C4CC4)c23)CCNCC1. The van der Waals surface area contributed by atoms with Gasteiger partial charge in [0.25, 0.3) is 0 Å². The number of nitrogens with one attached hydrogen (secondary N) is 3. The topological polar surface area (TPSA) is 91.4 Å². The van der Waals surface area contributed by atoms with Crippen LogP contribution in [0, 0.1) is 0 Å². The second kappa shape index (κ2) is 7.63. The van der Waals surface area contributed by atoms with Gasteiger partial charge in [0, 0.05) is 34.3 Å². The van der Waals surface area contributed by atoms with E-state index in [-0.39, 0.29) is 11.2 Å². The predicted molar refractivity (Wildman–Crippen MR) is 124 cm³/mol. The fourth-order valence-corrected chi connectivity index (χ4v) is 4.79. The number of anilines is 1. The molecule has 3 N–H and O–H groups in total. The summed E-state index contributed by atoms with van der Waals surface area (Å²) in [6, 6.07) is 2.73. The third-order valence-corrected chi connectivity index (χ3v) is 6.86. The minimum absolute atomic E-state index is 0.151. The summed E-state index contributed by atoms with van der Waals surface area (Å²) in [5, 5.41) is 8.37. The number of hydrogen-bond acceptors (Lipinski definition) is 6. The highest BCUT2D eigenvalue weighted by atomic mass is 19.4. The molecular formula is C24H24F3N7. The van der Waals surface area contributed by atoms with Gasteiger partial charge in [-0.1, -0.05) is 0 Å². The number of alkyl halides is 3. The van der Waals surface area contributed by atoms with Crippen LogP contribution >= 0.6 is 0 Å². The van der Waals surface area contributed by atoms with E-state index in [4.69, 9.17) is 9.97 Å². The number of pyridine rings is 2. The van der Waals surface area contributed by atoms with Gasteiger partial charge in [-0.25, -0.2) is 15.0 Å². The lowest BCUT2D eigenvalue weighted by Gasteiger charge is -2.36. The van der Waals surface area contributed by atoms with Crippen LogP contribution in [0.4, 0.5) is 19.0 Å². The summed E-state index contributed by atoms with van der Waals surface area (Å²) >= 11 is 0. The Hall–Kier alpha value is -3.27. The smallest absolute Gasteiger partial charge is 0.364 e. The number of halogens is 3. The zero-order chi connectivity index (χ0) is 23.5. The second-order valence-electron chi connectivity index (χ2n) is 9.53. The maximum atomic E-state index is 13.3. The minimum atomic E-state index is -4.50. The Morgan fingerprint density at radius 2 is 1.91 bits per heavy atom. The van der Waals surface area contributed by atoms with Crippen molar-refractivity contribution in [2.75, 3.05) is 18.4 Å². The van der Waals surface area contributed by atoms with E-state index in [0.717, 1.165) is 55.8 Å². The fourth-order valence-electron chi connectivity index (χ4n) is 4.79. The van der Waals surface area contributed by atoms with Crippen LogP contribution in [0.3, 0.4) is 0 Å². The van der Waals surface area contributed by atoms with Gasteiger partial charge in [0.1, 0.15) is 17.2 Å². The van der Waals surface area contributed by atoms with Gasteiger partial charge in [0.2, 0.25) is 0 Å². The van der Waals surface area contributed by atoms with E-state index >= 15 is 0 Å². The fraction of sp³-hybridized carbons (Fsp3) is 0.417. The van der Waals surface area contributed by atoms with Crippen molar-refractivity contribution in [3.05, 3.63) is 42.0 Å². The van der Waals surface area contributed by atoms with Gasteiger partial charge in [-0.3, -0.25) is 4.98 Å². The highest BCUT2D eigenvalue weighted by molar-refractivity contribution is 5.97. The average molecular weight is 467 g/mol. The van der Waals surface area contributed by atoms with Crippen LogP contribution in [0.15, 0.2) is 30.7 Å². The van der Waals surface area contributed by atoms with Gasteiger partial charge in [-0.05, 0) is 69.3 Å². The molecule has 0 radical (unpaired) electrons. The van der Waals surface area contributed by atoms with Crippen LogP contribution in [-0.2, 0) is 6.18 Å². The van der Waals surface area contributed by atoms with Crippen LogP contribution in [-0.4, -0.2) is 43.5 Å². The van der Waals surface area contributed by atoms with Crippen LogP contribution < -0.4 is 10.6 Å². The zero-order valence-electron chi connectivity index (χ0n) is 18.6. The van der Waals surface area contributed by atoms with Crippen molar-refractivity contribution in [3.63, 3.8) is 0 Å². The largest absolute Gasteiger partial charge is 0.431 e. The molecular weight excluding hydrogens is 443 g/mol. The van der Waals surface area contributed by atoms with E-state index in [1.54, 1.807) is 12.3 Å². The molecule has 0 amide bonds. The van der Waals surface area contributed by atoms with Gasteiger partial charge in [-0.15, -0.1) is 0 Å². The van der Waals surface area contributed by atoms with E-state index in [1.807, 2.05) is 6.20 Å². The first kappa shape index (κ1) is 21.3. The monoisotopic (exact) mass is 467 g/mol. The molecule has 2 fully saturated rings. The highest BCUT2D eigenvalue weighted by Crippen LogP contribution is 2.45. The molecule has 6 rings (SSSR count). The molecule has 4 aromatic heterocycles. The molecule has 5 heterocycles. The molecule has 0 unspecified atom stereocenters. The Bertz CT molecular complexity index is 1380. The van der Waals surface area contributed by atoms with Gasteiger partial charge in [0.05, 0.1) is 11.7 Å². The third-order valence-electron chi connectivity index (χ3n) is 6.86. The number of H-pyrrole nitrogens is 1. The first-order valence-electron chi connectivity index (χ1n) is 11.5. The van der Waals surface area contributed by atoms with E-state index in [9.17, 15) is 13.2 Å². The zero-order valence-corrected chi connectivity index (χ0v) is 18.6. The molecule has 7 nitrogen and oxygen atoms in total. The Labute approximate surface area is 193 Å². The number of hydrogen-bond donors (Lipinski definition) is 3. The number of aromatic nitrogens is 5. The molecule has 0 bridgehead atoms. The van der Waals surface area contributed by atoms with Crippen molar-refractivity contribution in [1.29, 1.82) is 0 Å². The highest BCUT2D eigenvalue weighted by Gasteiger charge is 2.34. The summed E-state index contributed by atoms with van der Waals surface area (Å²) in [4.78, 5) is 20.6. The summed E-state index contributed by atoms with van der Waals surface area (Å²) in [6.45, 7) is 4.00. The normalized spacial score (nSPS) is 18.5. The van der Waals surface area contributed by atoms with E-state index in [2.05, 4.69) is 32.5 Å². The maximum Gasteiger partial charge on any atom is 0.431 e. The summed E-state index contributed by atoms with van der Waals surface area (Å²) in [6.07, 6.45) is 4.66. The van der Waals surface area contributed by atoms with Crippen molar-refractivity contribution >= 4 is 27.8 Å². The minimum Gasteiger partial charge on any atom is -0.364 e. The van der Waals surface area contributed by atoms with Crippen LogP contribution in [0.25, 0.3) is 33.3 Å². The van der Waals surface area contributed by atoms with E-state index < -0.39 is 11.9 Å². The first-order chi connectivity index (χ1) is 16.3. The van der Waals surface area contributed by atoms with Crippen LogP contribution in [0.5, 0.6) is 0 Å². The molecule has 1 saturated heterocycles. The van der Waals surface area contributed by atoms with Crippen molar-refractivity contribution in [3.8, 4) is 11.4 Å². The van der Waals surface area contributed by atoms with Crippen molar-refractivity contribution < 1.29 is 13.2 Å². The molecule has 0 atom stereocenters. The van der Waals surface area contributed by atoms with Crippen molar-refractivity contribution in [2.24, 2.45) is 0 Å². The number of nitrogens with zero attached hydrogens (tertiary/aromatic N) is 4.